The third-order valence-electron chi connectivity index (χ3n) is 5.72. The first-order valence-electron chi connectivity index (χ1n) is 11.0. The van der Waals surface area contributed by atoms with Crippen molar-refractivity contribution >= 4 is 35.6 Å². The van der Waals surface area contributed by atoms with Crippen LogP contribution in [0.3, 0.4) is 0 Å². The molecule has 2 N–H and O–H groups in total. The first-order valence-corrected chi connectivity index (χ1v) is 11.0. The Kier molecular flexibility index (Phi) is 11.0. The van der Waals surface area contributed by atoms with E-state index in [1.165, 1.54) is 5.56 Å². The van der Waals surface area contributed by atoms with Crippen molar-refractivity contribution in [3.63, 3.8) is 0 Å². The highest BCUT2D eigenvalue weighted by Crippen LogP contribution is 2.22. The molecule has 1 fully saturated rings. The number of halogens is 2. The molecule has 0 spiro atoms. The fourth-order valence-electron chi connectivity index (χ4n) is 3.75. The van der Waals surface area contributed by atoms with Crippen LogP contribution in [0.4, 0.5) is 10.1 Å². The minimum atomic E-state index is -0.160. The van der Waals surface area contributed by atoms with Gasteiger partial charge in [-0.3, -0.25) is 4.99 Å². The molecule has 0 aliphatic carbocycles. The number of hydrogen-bond acceptors (Lipinski definition) is 4. The van der Waals surface area contributed by atoms with Crippen LogP contribution in [0.15, 0.2) is 47.5 Å². The molecular weight excluding hydrogens is 520 g/mol. The van der Waals surface area contributed by atoms with Crippen molar-refractivity contribution < 1.29 is 9.13 Å². The van der Waals surface area contributed by atoms with Gasteiger partial charge in [-0.2, -0.15) is 0 Å². The van der Waals surface area contributed by atoms with Crippen LogP contribution in [0.25, 0.3) is 0 Å². The van der Waals surface area contributed by atoms with E-state index in [2.05, 4.69) is 44.5 Å². The van der Waals surface area contributed by atoms with E-state index < -0.39 is 0 Å². The molecule has 0 atom stereocenters. The third-order valence-corrected chi connectivity index (χ3v) is 5.72. The molecule has 3 rings (SSSR count). The second kappa shape index (κ2) is 13.5. The third kappa shape index (κ3) is 7.51. The van der Waals surface area contributed by atoms with E-state index in [0.717, 1.165) is 57.0 Å². The molecule has 2 aromatic carbocycles. The van der Waals surface area contributed by atoms with Gasteiger partial charge in [0.2, 0.25) is 0 Å². The maximum atomic E-state index is 14.7. The van der Waals surface area contributed by atoms with Gasteiger partial charge in [0.25, 0.3) is 0 Å². The number of nitrogens with one attached hydrogen (secondary N) is 2. The van der Waals surface area contributed by atoms with Crippen molar-refractivity contribution in [3.05, 3.63) is 59.4 Å². The largest absolute Gasteiger partial charge is 0.497 e. The summed E-state index contributed by atoms with van der Waals surface area (Å²) in [6.45, 7) is 8.19. The molecule has 6 nitrogen and oxygen atoms in total. The molecule has 1 aliphatic rings. The highest BCUT2D eigenvalue weighted by molar-refractivity contribution is 14.0. The zero-order valence-electron chi connectivity index (χ0n) is 19.2. The summed E-state index contributed by atoms with van der Waals surface area (Å²) in [5.41, 5.74) is 2.81. The second-order valence-corrected chi connectivity index (χ2v) is 7.66. The number of benzene rings is 2. The van der Waals surface area contributed by atoms with Crippen LogP contribution >= 0.6 is 24.0 Å². The van der Waals surface area contributed by atoms with E-state index in [9.17, 15) is 4.39 Å². The molecule has 0 unspecified atom stereocenters. The minimum absolute atomic E-state index is 0. The van der Waals surface area contributed by atoms with Crippen LogP contribution in [0.2, 0.25) is 0 Å². The van der Waals surface area contributed by atoms with E-state index in [1.807, 2.05) is 24.3 Å². The summed E-state index contributed by atoms with van der Waals surface area (Å²) in [5, 5.41) is 6.57. The average molecular weight is 555 g/mol. The average Bonchev–Trinajstić information content (AvgIpc) is 2.82. The number of anilines is 1. The van der Waals surface area contributed by atoms with Crippen molar-refractivity contribution in [2.45, 2.75) is 19.9 Å². The monoisotopic (exact) mass is 555 g/mol. The molecule has 32 heavy (non-hydrogen) atoms. The van der Waals surface area contributed by atoms with Crippen LogP contribution in [-0.4, -0.2) is 64.3 Å². The van der Waals surface area contributed by atoms with Crippen LogP contribution < -0.4 is 20.3 Å². The van der Waals surface area contributed by atoms with Gasteiger partial charge in [-0.05, 0) is 48.4 Å². The van der Waals surface area contributed by atoms with E-state index in [0.29, 0.717) is 18.2 Å². The lowest BCUT2D eigenvalue weighted by Gasteiger charge is -2.35. The zero-order valence-corrected chi connectivity index (χ0v) is 21.6. The predicted molar refractivity (Wildman–Crippen MR) is 141 cm³/mol. The van der Waals surface area contributed by atoms with E-state index in [4.69, 9.17) is 4.74 Å². The summed E-state index contributed by atoms with van der Waals surface area (Å²) >= 11 is 0. The number of ether oxygens (including phenoxy) is 1. The van der Waals surface area contributed by atoms with E-state index in [-0.39, 0.29) is 29.8 Å². The van der Waals surface area contributed by atoms with Crippen LogP contribution in [0, 0.1) is 5.82 Å². The molecule has 2 aromatic rings. The van der Waals surface area contributed by atoms with Gasteiger partial charge < -0.3 is 25.2 Å². The Bertz CT molecular complexity index is 854. The predicted octanol–water partition coefficient (Wildman–Crippen LogP) is 3.50. The van der Waals surface area contributed by atoms with Gasteiger partial charge >= 0.3 is 0 Å². The Hall–Kier alpha value is -2.07. The van der Waals surface area contributed by atoms with Crippen molar-refractivity contribution in [2.24, 2.45) is 4.99 Å². The highest BCUT2D eigenvalue weighted by Gasteiger charge is 2.18. The lowest BCUT2D eigenvalue weighted by atomic mass is 10.1. The number of nitrogens with zero attached hydrogens (tertiary/aromatic N) is 3. The lowest BCUT2D eigenvalue weighted by Crippen LogP contribution is -2.46. The van der Waals surface area contributed by atoms with Gasteiger partial charge in [-0.15, -0.1) is 24.0 Å². The van der Waals surface area contributed by atoms with Crippen LogP contribution in [0.1, 0.15) is 18.1 Å². The molecule has 176 valence electrons. The summed E-state index contributed by atoms with van der Waals surface area (Å²) in [4.78, 5) is 8.78. The van der Waals surface area contributed by atoms with Crippen molar-refractivity contribution in [2.75, 3.05) is 58.3 Å². The molecule has 0 aromatic heterocycles. The van der Waals surface area contributed by atoms with Gasteiger partial charge in [0.05, 0.1) is 12.8 Å². The Balaban J connectivity index is 0.00000363. The summed E-state index contributed by atoms with van der Waals surface area (Å²) in [5.74, 6) is 1.40. The van der Waals surface area contributed by atoms with E-state index in [1.54, 1.807) is 20.2 Å². The van der Waals surface area contributed by atoms with Crippen LogP contribution in [-0.2, 0) is 13.0 Å². The molecule has 8 heteroatoms. The molecule has 0 bridgehead atoms. The Morgan fingerprint density at radius 1 is 1.03 bits per heavy atom. The minimum Gasteiger partial charge on any atom is -0.497 e. The number of piperazine rings is 1. The number of methoxy groups -OCH3 is 1. The van der Waals surface area contributed by atoms with Crippen molar-refractivity contribution in [1.82, 2.24) is 15.5 Å². The number of guanidine groups is 1. The SMILES string of the molecule is CCN1CCN(c2ccc(CNC(=NC)NCCc3ccc(OC)cc3)cc2F)CC1.I. The maximum absolute atomic E-state index is 14.7. The number of hydrogen-bond donors (Lipinski definition) is 2. The fourth-order valence-corrected chi connectivity index (χ4v) is 3.75. The molecule has 0 amide bonds. The van der Waals surface area contributed by atoms with Crippen molar-refractivity contribution in [3.8, 4) is 5.75 Å². The molecule has 1 heterocycles. The topological polar surface area (TPSA) is 52.1 Å². The standard InChI is InChI=1S/C24H34FN5O.HI/c1-4-29-13-15-30(16-14-29)23-10-7-20(17-22(23)25)18-28-24(26-2)27-12-11-19-5-8-21(31-3)9-6-19;/h5-10,17H,4,11-16,18H2,1-3H3,(H2,26,27,28);1H. The fraction of sp³-hybridized carbons (Fsp3) is 0.458. The summed E-state index contributed by atoms with van der Waals surface area (Å²) in [6, 6.07) is 13.6. The summed E-state index contributed by atoms with van der Waals surface area (Å²) < 4.78 is 19.9. The number of likely N-dealkylation sites (N-methyl/N-ethyl adjacent to an activating group) is 1. The van der Waals surface area contributed by atoms with Gasteiger partial charge in [0.15, 0.2) is 5.96 Å². The zero-order chi connectivity index (χ0) is 22.1. The number of rotatable bonds is 8. The molecule has 0 saturated carbocycles. The van der Waals surface area contributed by atoms with Crippen molar-refractivity contribution in [1.29, 1.82) is 0 Å². The molecular formula is C24H35FIN5O. The Morgan fingerprint density at radius 2 is 1.72 bits per heavy atom. The molecule has 0 radical (unpaired) electrons. The second-order valence-electron chi connectivity index (χ2n) is 7.66. The van der Waals surface area contributed by atoms with E-state index >= 15 is 0 Å². The highest BCUT2D eigenvalue weighted by atomic mass is 127. The van der Waals surface area contributed by atoms with Gasteiger partial charge in [-0.1, -0.05) is 25.1 Å². The number of aliphatic imine (C=N–C) groups is 1. The Labute approximate surface area is 208 Å². The maximum Gasteiger partial charge on any atom is 0.191 e. The first kappa shape index (κ1) is 26.2. The smallest absolute Gasteiger partial charge is 0.191 e. The quantitative estimate of drug-likeness (QED) is 0.297. The normalized spacial score (nSPS) is 14.6. The van der Waals surface area contributed by atoms with Crippen LogP contribution in [0.5, 0.6) is 5.75 Å². The molecule has 1 aliphatic heterocycles. The van der Waals surface area contributed by atoms with Gasteiger partial charge in [0, 0.05) is 46.3 Å². The van der Waals surface area contributed by atoms with Gasteiger partial charge in [-0.25, -0.2) is 4.39 Å². The molecule has 1 saturated heterocycles. The van der Waals surface area contributed by atoms with Gasteiger partial charge in [0.1, 0.15) is 11.6 Å². The lowest BCUT2D eigenvalue weighted by molar-refractivity contribution is 0.270. The summed E-state index contributed by atoms with van der Waals surface area (Å²) in [7, 11) is 3.40. The first-order chi connectivity index (χ1) is 15.1. The Morgan fingerprint density at radius 3 is 2.31 bits per heavy atom. The summed E-state index contributed by atoms with van der Waals surface area (Å²) in [6.07, 6.45) is 0.874.